The Kier molecular flexibility index (Phi) is 6.06. The Morgan fingerprint density at radius 2 is 1.95 bits per heavy atom. The number of rotatable bonds is 7. The van der Waals surface area contributed by atoms with Crippen molar-refractivity contribution < 1.29 is 13.7 Å². The van der Waals surface area contributed by atoms with Crippen LogP contribution in [0.2, 0.25) is 0 Å². The fourth-order valence-corrected chi connectivity index (χ4v) is 3.79. The Balaban J connectivity index is 1.98. The Morgan fingerprint density at radius 1 is 1.24 bits per heavy atom. The fourth-order valence-electron chi connectivity index (χ4n) is 2.44. The minimum absolute atomic E-state index is 0.104. The van der Waals surface area contributed by atoms with Gasteiger partial charge in [0.2, 0.25) is 0 Å². The van der Waals surface area contributed by atoms with Gasteiger partial charge < -0.3 is 14.8 Å². The van der Waals surface area contributed by atoms with E-state index in [0.717, 1.165) is 30.0 Å². The molecule has 0 fully saturated rings. The molecule has 0 saturated carbocycles. The molecule has 0 amide bonds. The maximum absolute atomic E-state index is 12.6. The van der Waals surface area contributed by atoms with E-state index in [9.17, 15) is 4.21 Å². The lowest BCUT2D eigenvalue weighted by Crippen LogP contribution is -2.31. The van der Waals surface area contributed by atoms with E-state index >= 15 is 0 Å². The number of hydrogen-bond donors (Lipinski definition) is 1. The highest BCUT2D eigenvalue weighted by Crippen LogP contribution is 2.32. The summed E-state index contributed by atoms with van der Waals surface area (Å²) in [5.41, 5.74) is 0. The van der Waals surface area contributed by atoms with E-state index < -0.39 is 10.8 Å². The van der Waals surface area contributed by atoms with Gasteiger partial charge in [-0.3, -0.25) is 4.21 Å². The second-order valence-electron chi connectivity index (χ2n) is 5.50. The summed E-state index contributed by atoms with van der Waals surface area (Å²) in [7, 11) is -1.03. The van der Waals surface area contributed by atoms with Gasteiger partial charge in [-0.05, 0) is 38.4 Å². The highest BCUT2D eigenvalue weighted by molar-refractivity contribution is 7.85. The largest absolute Gasteiger partial charge is 0.486 e. The van der Waals surface area contributed by atoms with Gasteiger partial charge in [0.05, 0.1) is 10.8 Å². The van der Waals surface area contributed by atoms with Gasteiger partial charge in [0.25, 0.3) is 0 Å². The molecule has 1 aliphatic rings. The second kappa shape index (κ2) is 7.80. The third-order valence-electron chi connectivity index (χ3n) is 3.54. The van der Waals surface area contributed by atoms with Crippen molar-refractivity contribution in [3.63, 3.8) is 0 Å². The molecule has 0 radical (unpaired) electrons. The lowest BCUT2D eigenvalue weighted by Gasteiger charge is -2.21. The molecule has 1 N–H and O–H groups in total. The average molecular weight is 311 g/mol. The Bertz CT molecular complexity index is 492. The number of hydrogen-bond acceptors (Lipinski definition) is 4. The van der Waals surface area contributed by atoms with E-state index in [1.165, 1.54) is 0 Å². The van der Waals surface area contributed by atoms with Gasteiger partial charge in [-0.2, -0.15) is 0 Å². The molecule has 0 bridgehead atoms. The van der Waals surface area contributed by atoms with Crippen LogP contribution in [0.4, 0.5) is 0 Å². The molecular weight excluding hydrogens is 286 g/mol. The van der Waals surface area contributed by atoms with Crippen molar-refractivity contribution in [3.05, 3.63) is 18.2 Å². The Hall–Kier alpha value is -1.07. The van der Waals surface area contributed by atoms with Gasteiger partial charge in [-0.1, -0.05) is 13.8 Å². The third-order valence-corrected chi connectivity index (χ3v) is 5.18. The van der Waals surface area contributed by atoms with Crippen LogP contribution >= 0.6 is 0 Å². The molecule has 0 aliphatic carbocycles. The quantitative estimate of drug-likeness (QED) is 0.841. The molecule has 2 rings (SSSR count). The normalized spacial score (nSPS) is 18.0. The Morgan fingerprint density at radius 3 is 2.67 bits per heavy atom. The summed E-state index contributed by atoms with van der Waals surface area (Å²) in [5.74, 6) is 1.45. The van der Waals surface area contributed by atoms with E-state index in [2.05, 4.69) is 19.2 Å². The van der Waals surface area contributed by atoms with Crippen LogP contribution in [0.25, 0.3) is 0 Å². The van der Waals surface area contributed by atoms with Crippen LogP contribution in [0.3, 0.4) is 0 Å². The molecule has 5 heteroatoms. The summed E-state index contributed by atoms with van der Waals surface area (Å²) in [6, 6.07) is 5.96. The predicted octanol–water partition coefficient (Wildman–Crippen LogP) is 2.73. The Labute approximate surface area is 129 Å². The zero-order chi connectivity index (χ0) is 15.2. The summed E-state index contributed by atoms with van der Waals surface area (Å²) < 4.78 is 23.7. The fraction of sp³-hybridized carbons (Fsp3) is 0.625. The van der Waals surface area contributed by atoms with E-state index in [0.29, 0.717) is 25.0 Å². The van der Waals surface area contributed by atoms with Gasteiger partial charge in [-0.15, -0.1) is 0 Å². The molecule has 1 aromatic carbocycles. The van der Waals surface area contributed by atoms with Crippen molar-refractivity contribution >= 4 is 10.8 Å². The minimum Gasteiger partial charge on any atom is -0.486 e. The number of benzene rings is 1. The van der Waals surface area contributed by atoms with Crippen LogP contribution in [-0.4, -0.2) is 35.3 Å². The molecular formula is C16H25NO3S. The van der Waals surface area contributed by atoms with Crippen molar-refractivity contribution in [1.82, 2.24) is 5.32 Å². The summed E-state index contributed by atoms with van der Waals surface area (Å²) in [4.78, 5) is 0.814. The van der Waals surface area contributed by atoms with Gasteiger partial charge in [0, 0.05) is 22.3 Å². The topological polar surface area (TPSA) is 47.6 Å². The zero-order valence-corrected chi connectivity index (χ0v) is 13.9. The molecule has 0 aromatic heterocycles. The maximum Gasteiger partial charge on any atom is 0.162 e. The first-order chi connectivity index (χ1) is 10.1. The molecule has 0 spiro atoms. The maximum atomic E-state index is 12.6. The lowest BCUT2D eigenvalue weighted by atomic mass is 10.2. The van der Waals surface area contributed by atoms with Crippen LogP contribution in [0.15, 0.2) is 23.1 Å². The molecule has 3 atom stereocenters. The van der Waals surface area contributed by atoms with Gasteiger partial charge in [-0.25, -0.2) is 0 Å². The molecule has 1 aromatic rings. The first kappa shape index (κ1) is 16.3. The molecule has 1 aliphatic heterocycles. The summed E-state index contributed by atoms with van der Waals surface area (Å²) in [6.07, 6.45) is 2.00. The SMILES string of the molecule is CCCNC(C)CC(C)S(=O)c1ccc2c(c1)OCCO2. The average Bonchev–Trinajstić information content (AvgIpc) is 2.51. The van der Waals surface area contributed by atoms with Crippen molar-refractivity contribution in [2.24, 2.45) is 0 Å². The minimum atomic E-state index is -1.03. The molecule has 21 heavy (non-hydrogen) atoms. The summed E-state index contributed by atoms with van der Waals surface area (Å²) in [6.45, 7) is 8.47. The molecule has 0 saturated heterocycles. The van der Waals surface area contributed by atoms with Crippen molar-refractivity contribution in [2.45, 2.75) is 49.8 Å². The summed E-state index contributed by atoms with van der Waals surface area (Å²) >= 11 is 0. The first-order valence-corrected chi connectivity index (χ1v) is 8.86. The first-order valence-electron chi connectivity index (χ1n) is 7.65. The van der Waals surface area contributed by atoms with Gasteiger partial charge >= 0.3 is 0 Å². The van der Waals surface area contributed by atoms with Crippen molar-refractivity contribution in [3.8, 4) is 11.5 Å². The van der Waals surface area contributed by atoms with Crippen LogP contribution in [0.5, 0.6) is 11.5 Å². The molecule has 3 unspecified atom stereocenters. The van der Waals surface area contributed by atoms with Crippen LogP contribution in [0.1, 0.15) is 33.6 Å². The molecule has 1 heterocycles. The van der Waals surface area contributed by atoms with Crippen molar-refractivity contribution in [2.75, 3.05) is 19.8 Å². The van der Waals surface area contributed by atoms with Crippen molar-refractivity contribution in [1.29, 1.82) is 0 Å². The number of nitrogens with one attached hydrogen (secondary N) is 1. The van der Waals surface area contributed by atoms with Crippen LogP contribution in [0, 0.1) is 0 Å². The van der Waals surface area contributed by atoms with Crippen LogP contribution < -0.4 is 14.8 Å². The van der Waals surface area contributed by atoms with Gasteiger partial charge in [0.15, 0.2) is 11.5 Å². The standard InChI is InChI=1S/C16H25NO3S/c1-4-7-17-12(2)10-13(3)21(18)14-5-6-15-16(11-14)20-9-8-19-15/h5-6,11-13,17H,4,7-10H2,1-3H3. The van der Waals surface area contributed by atoms with E-state index in [1.54, 1.807) is 0 Å². The lowest BCUT2D eigenvalue weighted by molar-refractivity contribution is 0.171. The smallest absolute Gasteiger partial charge is 0.162 e. The van der Waals surface area contributed by atoms with Gasteiger partial charge in [0.1, 0.15) is 13.2 Å². The third kappa shape index (κ3) is 4.45. The number of fused-ring (bicyclic) bond motifs is 1. The zero-order valence-electron chi connectivity index (χ0n) is 13.1. The highest BCUT2D eigenvalue weighted by atomic mass is 32.2. The predicted molar refractivity (Wildman–Crippen MR) is 85.7 cm³/mol. The van der Waals surface area contributed by atoms with E-state index in [1.807, 2.05) is 25.1 Å². The van der Waals surface area contributed by atoms with Crippen LogP contribution in [-0.2, 0) is 10.8 Å². The van der Waals surface area contributed by atoms with E-state index in [4.69, 9.17) is 9.47 Å². The highest BCUT2D eigenvalue weighted by Gasteiger charge is 2.19. The summed E-state index contributed by atoms with van der Waals surface area (Å²) in [5, 5.41) is 3.54. The second-order valence-corrected chi connectivity index (χ2v) is 7.38. The number of ether oxygens (including phenoxy) is 2. The molecule has 4 nitrogen and oxygen atoms in total. The monoisotopic (exact) mass is 311 g/mol. The van der Waals surface area contributed by atoms with E-state index in [-0.39, 0.29) is 5.25 Å². The molecule has 118 valence electrons.